The van der Waals surface area contributed by atoms with Crippen LogP contribution < -0.4 is 25.4 Å². The first-order valence-corrected chi connectivity index (χ1v) is 34.0. The number of aryl methyl sites for hydroxylation is 5. The molecule has 3 N–H and O–H groups in total. The number of ether oxygens (including phenoxy) is 2. The minimum atomic E-state index is -0.283. The standard InChI is InChI=1S/2C28H23N7O.C25H23N9/c2*1-35-13-9-18-5-6-19(14-25(18)35)22-15-21(16-24-28(22)31-12-11-30-24)32-27(20-4-3-10-29-17-20)23-7-8-26(36-2)34-33-23;1-32-9-6-16-4-5-17(10-22(16)32)20-11-19(12-21-25(20)27-8-7-26-21)30-24(18-13-29-33(2)15-18)23-14-28-31-34(23)3/h2*3-17,27,32H,1-2H3;4-15,24,30H,1-3H3/t2*27-;24-/m100/s1. The topological polar surface area (TPSA) is 273 Å². The minimum Gasteiger partial charge on any atom is -0.480 e. The molecule has 6 aromatic carbocycles. The number of hydrogen-bond donors (Lipinski definition) is 3. The van der Waals surface area contributed by atoms with Gasteiger partial charge in [-0.1, -0.05) is 53.7 Å². The smallest absolute Gasteiger partial charge is 0.233 e. The number of fused-ring (bicyclic) bond motifs is 6. The first-order chi connectivity index (χ1) is 51.9. The van der Waals surface area contributed by atoms with Gasteiger partial charge in [-0.15, -0.1) is 25.5 Å². The van der Waals surface area contributed by atoms with Gasteiger partial charge < -0.3 is 39.1 Å². The van der Waals surface area contributed by atoms with Gasteiger partial charge in [0, 0.05) is 190 Å². The SMILES string of the molecule is COc1ccc([C@@H](Nc2cc(-c3ccc4ccn(C)c4c3)c3nccnc3c2)c2cccnc2)nn1.COc1ccc([C@H](Nc2cc(-c3ccc4ccn(C)c4c3)c3nccnc3c2)c2cccnc2)nn1.Cn1cc([C@H](Nc2cc(-c3ccc4ccn(C)c4c3)c3nccnc3c2)c2cnnn2C)cn1. The zero-order valence-electron chi connectivity index (χ0n) is 58.7. The summed E-state index contributed by atoms with van der Waals surface area (Å²) in [5.41, 5.74) is 22.7. The lowest BCUT2D eigenvalue weighted by molar-refractivity contribution is 0.390. The molecule has 0 fully saturated rings. The lowest BCUT2D eigenvalue weighted by atomic mass is 10.00. The number of benzene rings is 6. The molecule has 0 aliphatic carbocycles. The maximum absolute atomic E-state index is 5.20. The van der Waals surface area contributed by atoms with E-state index in [9.17, 15) is 0 Å². The van der Waals surface area contributed by atoms with Crippen molar-refractivity contribution in [1.29, 1.82) is 0 Å². The Bertz CT molecular complexity index is 5900. The molecule has 25 nitrogen and oxygen atoms in total. The van der Waals surface area contributed by atoms with Gasteiger partial charge in [0.15, 0.2) is 0 Å². The van der Waals surface area contributed by atoms with Crippen LogP contribution in [0.2, 0.25) is 0 Å². The fraction of sp³-hybridized carbons (Fsp3) is 0.123. The van der Waals surface area contributed by atoms with Crippen molar-refractivity contribution in [3.05, 3.63) is 291 Å². The van der Waals surface area contributed by atoms with Crippen molar-refractivity contribution in [3.63, 3.8) is 0 Å². The van der Waals surface area contributed by atoms with Crippen molar-refractivity contribution in [2.75, 3.05) is 30.2 Å². The Labute approximate surface area is 607 Å². The number of pyridine rings is 2. The zero-order chi connectivity index (χ0) is 72.2. The Morgan fingerprint density at radius 3 is 1.14 bits per heavy atom. The van der Waals surface area contributed by atoms with E-state index in [0.29, 0.717) is 11.8 Å². The second-order valence-electron chi connectivity index (χ2n) is 25.5. The van der Waals surface area contributed by atoms with E-state index in [1.807, 2.05) is 93.5 Å². The second-order valence-corrected chi connectivity index (χ2v) is 25.5. The number of hydrogen-bond acceptors (Lipinski definition) is 20. The van der Waals surface area contributed by atoms with Crippen LogP contribution in [0, 0.1) is 0 Å². The molecule has 0 aliphatic heterocycles. The van der Waals surface area contributed by atoms with Gasteiger partial charge in [0.1, 0.15) is 0 Å². The molecule has 0 unspecified atom stereocenters. The van der Waals surface area contributed by atoms with Gasteiger partial charge in [-0.2, -0.15) is 5.10 Å². The van der Waals surface area contributed by atoms with E-state index in [0.717, 1.165) is 128 Å². The molecule has 12 aromatic heterocycles. The molecule has 0 spiro atoms. The molecular weight excluding hydrogens is 1330 g/mol. The Morgan fingerprint density at radius 1 is 0.377 bits per heavy atom. The van der Waals surface area contributed by atoms with Crippen molar-refractivity contribution in [3.8, 4) is 45.1 Å². The summed E-state index contributed by atoms with van der Waals surface area (Å²) in [7, 11) is 13.1. The number of nitrogens with zero attached hydrogens (tertiary/aromatic N) is 20. The van der Waals surface area contributed by atoms with Crippen LogP contribution in [0.5, 0.6) is 11.8 Å². The van der Waals surface area contributed by atoms with Crippen LogP contribution in [-0.2, 0) is 35.2 Å². The molecule has 0 amide bonds. The van der Waals surface area contributed by atoms with E-state index in [4.69, 9.17) is 9.47 Å². The summed E-state index contributed by atoms with van der Waals surface area (Å²) in [6, 6.07) is 52.7. The molecular formula is C81H69N23O2. The van der Waals surface area contributed by atoms with Crippen molar-refractivity contribution in [2.45, 2.75) is 18.1 Å². The van der Waals surface area contributed by atoms with Gasteiger partial charge in [-0.05, 0) is 141 Å². The van der Waals surface area contributed by atoms with Crippen LogP contribution in [0.25, 0.3) is 99.2 Å². The molecule has 0 bridgehead atoms. The molecule has 3 atom stereocenters. The summed E-state index contributed by atoms with van der Waals surface area (Å²) in [6.07, 6.45) is 29.3. The van der Waals surface area contributed by atoms with Crippen LogP contribution in [0.3, 0.4) is 0 Å². The number of nitrogens with one attached hydrogen (secondary N) is 3. The zero-order valence-corrected chi connectivity index (χ0v) is 58.7. The summed E-state index contributed by atoms with van der Waals surface area (Å²) in [4.78, 5) is 36.4. The number of methoxy groups -OCH3 is 2. The molecule has 0 saturated carbocycles. The number of anilines is 3. The quantitative estimate of drug-likeness (QED) is 0.0764. The first-order valence-electron chi connectivity index (χ1n) is 34.0. The third kappa shape index (κ3) is 13.6. The molecule has 12 heterocycles. The maximum Gasteiger partial charge on any atom is 0.233 e. The largest absolute Gasteiger partial charge is 0.480 e. The fourth-order valence-electron chi connectivity index (χ4n) is 13.3. The Morgan fingerprint density at radius 2 is 0.792 bits per heavy atom. The molecule has 520 valence electrons. The Kier molecular flexibility index (Phi) is 18.2. The lowest BCUT2D eigenvalue weighted by Gasteiger charge is -2.20. The third-order valence-electron chi connectivity index (χ3n) is 18.7. The van der Waals surface area contributed by atoms with Gasteiger partial charge in [0.05, 0.1) is 94.9 Å². The molecule has 18 aromatic rings. The van der Waals surface area contributed by atoms with Crippen molar-refractivity contribution < 1.29 is 9.47 Å². The monoisotopic (exact) mass is 1400 g/mol. The lowest BCUT2D eigenvalue weighted by Crippen LogP contribution is -2.16. The van der Waals surface area contributed by atoms with E-state index < -0.39 is 0 Å². The molecule has 0 aliphatic rings. The third-order valence-corrected chi connectivity index (χ3v) is 18.7. The average molecular weight is 1400 g/mol. The van der Waals surface area contributed by atoms with Gasteiger partial charge >= 0.3 is 0 Å². The van der Waals surface area contributed by atoms with E-state index in [-0.39, 0.29) is 18.1 Å². The highest BCUT2D eigenvalue weighted by Crippen LogP contribution is 2.39. The fourth-order valence-corrected chi connectivity index (χ4v) is 13.3. The van der Waals surface area contributed by atoms with E-state index in [1.54, 1.807) is 91.5 Å². The van der Waals surface area contributed by atoms with Crippen molar-refractivity contribution in [1.82, 2.24) is 98.7 Å². The highest BCUT2D eigenvalue weighted by molar-refractivity contribution is 6.00. The first kappa shape index (κ1) is 66.3. The summed E-state index contributed by atoms with van der Waals surface area (Å²) in [6.45, 7) is 0. The maximum atomic E-state index is 5.20. The summed E-state index contributed by atoms with van der Waals surface area (Å²) in [5, 5.41) is 44.3. The molecule has 106 heavy (non-hydrogen) atoms. The van der Waals surface area contributed by atoms with Gasteiger partial charge in [-0.25, -0.2) is 4.68 Å². The minimum absolute atomic E-state index is 0.189. The van der Waals surface area contributed by atoms with Crippen molar-refractivity contribution >= 4 is 82.9 Å². The average Bonchev–Trinajstić information content (AvgIpc) is 1.23. The van der Waals surface area contributed by atoms with Crippen LogP contribution in [-0.4, -0.2) is 113 Å². The highest BCUT2D eigenvalue weighted by Gasteiger charge is 2.24. The predicted molar refractivity (Wildman–Crippen MR) is 411 cm³/mol. The van der Waals surface area contributed by atoms with Crippen LogP contribution >= 0.6 is 0 Å². The molecule has 0 saturated heterocycles. The predicted octanol–water partition coefficient (Wildman–Crippen LogP) is 14.2. The van der Waals surface area contributed by atoms with Gasteiger partial charge in [-0.3, -0.25) is 44.6 Å². The van der Waals surface area contributed by atoms with E-state index >= 15 is 0 Å². The highest BCUT2D eigenvalue weighted by atomic mass is 16.5. The van der Waals surface area contributed by atoms with Crippen LogP contribution in [0.15, 0.2) is 257 Å². The van der Waals surface area contributed by atoms with Crippen LogP contribution in [0.1, 0.15) is 51.9 Å². The second kappa shape index (κ2) is 29.0. The summed E-state index contributed by atoms with van der Waals surface area (Å²) < 4.78 is 20.3. The van der Waals surface area contributed by atoms with Gasteiger partial charge in [0.2, 0.25) is 11.8 Å². The van der Waals surface area contributed by atoms with E-state index in [1.165, 1.54) is 21.7 Å². The van der Waals surface area contributed by atoms with Crippen LogP contribution in [0.4, 0.5) is 17.1 Å². The normalized spacial score (nSPS) is 12.2. The molecule has 0 radical (unpaired) electrons. The Hall–Kier alpha value is -14.2. The Balaban J connectivity index is 0.000000122. The van der Waals surface area contributed by atoms with Crippen molar-refractivity contribution in [2.24, 2.45) is 35.2 Å². The summed E-state index contributed by atoms with van der Waals surface area (Å²) in [5.74, 6) is 0.922. The number of rotatable bonds is 17. The van der Waals surface area contributed by atoms with Gasteiger partial charge in [0.25, 0.3) is 0 Å². The summed E-state index contributed by atoms with van der Waals surface area (Å²) >= 11 is 0. The molecule has 18 rings (SSSR count). The number of aromatic nitrogens is 20. The molecule has 25 heteroatoms. The van der Waals surface area contributed by atoms with E-state index in [2.05, 4.69) is 236 Å².